The van der Waals surface area contributed by atoms with Crippen LogP contribution in [-0.4, -0.2) is 51.7 Å². The molecule has 0 bridgehead atoms. The van der Waals surface area contributed by atoms with E-state index in [2.05, 4.69) is 10.1 Å². The molecule has 1 N–H and O–H groups in total. The van der Waals surface area contributed by atoms with Crippen LogP contribution in [0.5, 0.6) is 0 Å². The molecule has 3 heterocycles. The molecule has 1 fully saturated rings. The zero-order valence-electron chi connectivity index (χ0n) is 11.8. The number of fused-ring (bicyclic) bond motifs is 3. The average Bonchev–Trinajstić information content (AvgIpc) is 2.99. The summed E-state index contributed by atoms with van der Waals surface area (Å²) in [5.74, 6) is -0.135. The SMILES string of the molecule is O=C(c1cnn2c1[nH]c(=O)c1ccccc12)N1CCOCC1. The number of nitrogens with zero attached hydrogens (tertiary/aromatic N) is 3. The molecule has 1 aliphatic rings. The van der Waals surface area contributed by atoms with Crippen LogP contribution in [0.4, 0.5) is 0 Å². The lowest BCUT2D eigenvalue weighted by atomic mass is 10.2. The van der Waals surface area contributed by atoms with Crippen molar-refractivity contribution in [3.05, 3.63) is 46.4 Å². The predicted octanol–water partition coefficient (Wildman–Crippen LogP) is 0.648. The van der Waals surface area contributed by atoms with Gasteiger partial charge in [-0.25, -0.2) is 4.52 Å². The van der Waals surface area contributed by atoms with E-state index in [9.17, 15) is 9.59 Å². The first-order chi connectivity index (χ1) is 10.8. The van der Waals surface area contributed by atoms with Crippen molar-refractivity contribution in [3.63, 3.8) is 0 Å². The number of carbonyl (C=O) groups is 1. The molecule has 2 aromatic heterocycles. The molecule has 4 rings (SSSR count). The molecule has 0 radical (unpaired) electrons. The van der Waals surface area contributed by atoms with Crippen LogP contribution >= 0.6 is 0 Å². The summed E-state index contributed by atoms with van der Waals surface area (Å²) < 4.78 is 6.86. The van der Waals surface area contributed by atoms with Crippen molar-refractivity contribution >= 4 is 22.5 Å². The van der Waals surface area contributed by atoms with Gasteiger partial charge >= 0.3 is 0 Å². The van der Waals surface area contributed by atoms with Gasteiger partial charge in [0.05, 0.1) is 30.3 Å². The van der Waals surface area contributed by atoms with Crippen LogP contribution in [0.2, 0.25) is 0 Å². The fourth-order valence-corrected chi connectivity index (χ4v) is 2.77. The summed E-state index contributed by atoms with van der Waals surface area (Å²) in [6.07, 6.45) is 1.51. The highest BCUT2D eigenvalue weighted by Gasteiger charge is 2.23. The van der Waals surface area contributed by atoms with Crippen LogP contribution in [0.1, 0.15) is 10.4 Å². The van der Waals surface area contributed by atoms with Crippen molar-refractivity contribution in [3.8, 4) is 0 Å². The number of benzene rings is 1. The van der Waals surface area contributed by atoms with E-state index >= 15 is 0 Å². The Hall–Kier alpha value is -2.67. The van der Waals surface area contributed by atoms with Gasteiger partial charge in [-0.1, -0.05) is 12.1 Å². The Morgan fingerprint density at radius 1 is 1.23 bits per heavy atom. The lowest BCUT2D eigenvalue weighted by Gasteiger charge is -2.26. The van der Waals surface area contributed by atoms with Crippen molar-refractivity contribution in [2.24, 2.45) is 0 Å². The van der Waals surface area contributed by atoms with E-state index in [1.54, 1.807) is 21.5 Å². The van der Waals surface area contributed by atoms with E-state index in [4.69, 9.17) is 4.74 Å². The number of rotatable bonds is 1. The van der Waals surface area contributed by atoms with E-state index in [-0.39, 0.29) is 11.5 Å². The molecule has 0 spiro atoms. The number of aromatic nitrogens is 3. The number of morpholine rings is 1. The summed E-state index contributed by atoms with van der Waals surface area (Å²) >= 11 is 0. The van der Waals surface area contributed by atoms with E-state index in [0.717, 1.165) is 0 Å². The fraction of sp³-hybridized carbons (Fsp3) is 0.267. The van der Waals surface area contributed by atoms with Gasteiger partial charge in [-0.05, 0) is 12.1 Å². The van der Waals surface area contributed by atoms with E-state index in [0.29, 0.717) is 48.4 Å². The highest BCUT2D eigenvalue weighted by molar-refractivity contribution is 6.00. The molecule has 0 atom stereocenters. The number of amides is 1. The second-order valence-corrected chi connectivity index (χ2v) is 5.19. The van der Waals surface area contributed by atoms with Gasteiger partial charge in [-0.3, -0.25) is 9.59 Å². The van der Waals surface area contributed by atoms with E-state index < -0.39 is 0 Å². The summed E-state index contributed by atoms with van der Waals surface area (Å²) in [4.78, 5) is 29.3. The molecule has 1 aromatic carbocycles. The van der Waals surface area contributed by atoms with Crippen LogP contribution in [0.25, 0.3) is 16.6 Å². The molecule has 0 saturated carbocycles. The van der Waals surface area contributed by atoms with Crippen molar-refractivity contribution in [1.82, 2.24) is 19.5 Å². The lowest BCUT2D eigenvalue weighted by molar-refractivity contribution is 0.0304. The van der Waals surface area contributed by atoms with E-state index in [1.165, 1.54) is 6.20 Å². The van der Waals surface area contributed by atoms with Crippen LogP contribution in [-0.2, 0) is 4.74 Å². The Labute approximate surface area is 125 Å². The second-order valence-electron chi connectivity index (χ2n) is 5.19. The Morgan fingerprint density at radius 3 is 2.82 bits per heavy atom. The van der Waals surface area contributed by atoms with Gasteiger partial charge in [-0.15, -0.1) is 0 Å². The molecular weight excluding hydrogens is 284 g/mol. The minimum atomic E-state index is -0.223. The third-order valence-corrected chi connectivity index (χ3v) is 3.91. The molecule has 7 heteroatoms. The van der Waals surface area contributed by atoms with Crippen LogP contribution in [0.3, 0.4) is 0 Å². The molecule has 22 heavy (non-hydrogen) atoms. The maximum absolute atomic E-state index is 12.6. The summed E-state index contributed by atoms with van der Waals surface area (Å²) in [6.45, 7) is 2.16. The molecular formula is C15H14N4O3. The third-order valence-electron chi connectivity index (χ3n) is 3.91. The van der Waals surface area contributed by atoms with Gasteiger partial charge in [0.1, 0.15) is 11.2 Å². The van der Waals surface area contributed by atoms with Crippen molar-refractivity contribution in [1.29, 1.82) is 0 Å². The quantitative estimate of drug-likeness (QED) is 0.715. The van der Waals surface area contributed by atoms with Crippen molar-refractivity contribution < 1.29 is 9.53 Å². The maximum Gasteiger partial charge on any atom is 0.259 e. The number of aromatic amines is 1. The summed E-state index contributed by atoms with van der Waals surface area (Å²) in [5.41, 5.74) is 1.30. The molecule has 1 saturated heterocycles. The van der Waals surface area contributed by atoms with Gasteiger partial charge in [0, 0.05) is 13.1 Å². The number of carbonyl (C=O) groups excluding carboxylic acids is 1. The lowest BCUT2D eigenvalue weighted by Crippen LogP contribution is -2.40. The van der Waals surface area contributed by atoms with Gasteiger partial charge in [0.15, 0.2) is 0 Å². The van der Waals surface area contributed by atoms with Gasteiger partial charge in [0.25, 0.3) is 11.5 Å². The molecule has 0 unspecified atom stereocenters. The van der Waals surface area contributed by atoms with Crippen LogP contribution in [0.15, 0.2) is 35.3 Å². The monoisotopic (exact) mass is 298 g/mol. The predicted molar refractivity (Wildman–Crippen MR) is 80.0 cm³/mol. The summed E-state index contributed by atoms with van der Waals surface area (Å²) in [7, 11) is 0. The van der Waals surface area contributed by atoms with Gasteiger partial charge in [-0.2, -0.15) is 5.10 Å². The number of hydrogen-bond acceptors (Lipinski definition) is 4. The van der Waals surface area contributed by atoms with Crippen molar-refractivity contribution in [2.45, 2.75) is 0 Å². The smallest absolute Gasteiger partial charge is 0.259 e. The Bertz CT molecular complexity index is 921. The molecule has 1 amide bonds. The number of ether oxygens (including phenoxy) is 1. The first-order valence-corrected chi connectivity index (χ1v) is 7.11. The highest BCUT2D eigenvalue weighted by atomic mass is 16.5. The Morgan fingerprint density at radius 2 is 2.00 bits per heavy atom. The molecule has 7 nitrogen and oxygen atoms in total. The molecule has 3 aromatic rings. The van der Waals surface area contributed by atoms with Crippen molar-refractivity contribution in [2.75, 3.05) is 26.3 Å². The fourth-order valence-electron chi connectivity index (χ4n) is 2.77. The number of para-hydroxylation sites is 1. The van der Waals surface area contributed by atoms with Gasteiger partial charge in [0.2, 0.25) is 0 Å². The highest BCUT2D eigenvalue weighted by Crippen LogP contribution is 2.16. The Balaban J connectivity index is 1.89. The second kappa shape index (κ2) is 4.96. The summed E-state index contributed by atoms with van der Waals surface area (Å²) in [5, 5.41) is 4.82. The normalized spacial score (nSPS) is 15.5. The minimum absolute atomic E-state index is 0.135. The first kappa shape index (κ1) is 13.0. The van der Waals surface area contributed by atoms with Gasteiger partial charge < -0.3 is 14.6 Å². The topological polar surface area (TPSA) is 79.7 Å². The number of H-pyrrole nitrogens is 1. The Kier molecular flexibility index (Phi) is 2.93. The molecule has 0 aliphatic carbocycles. The summed E-state index contributed by atoms with van der Waals surface area (Å²) in [6, 6.07) is 7.19. The first-order valence-electron chi connectivity index (χ1n) is 7.11. The zero-order valence-corrected chi connectivity index (χ0v) is 11.8. The largest absolute Gasteiger partial charge is 0.378 e. The molecule has 112 valence electrons. The van der Waals surface area contributed by atoms with Crippen LogP contribution in [0, 0.1) is 0 Å². The maximum atomic E-state index is 12.6. The third kappa shape index (κ3) is 1.90. The van der Waals surface area contributed by atoms with Crippen LogP contribution < -0.4 is 5.56 Å². The number of hydrogen-bond donors (Lipinski definition) is 1. The number of nitrogens with one attached hydrogen (secondary N) is 1. The average molecular weight is 298 g/mol. The molecule has 1 aliphatic heterocycles. The zero-order chi connectivity index (χ0) is 15.1. The minimum Gasteiger partial charge on any atom is -0.378 e. The van der Waals surface area contributed by atoms with E-state index in [1.807, 2.05) is 12.1 Å². The standard InChI is InChI=1S/C15H14N4O3/c20-14-10-3-1-2-4-12(10)19-13(17-14)11(9-16-19)15(21)18-5-7-22-8-6-18/h1-4,9H,5-8H2,(H,17,20).